The van der Waals surface area contributed by atoms with Gasteiger partial charge in [-0.25, -0.2) is 9.97 Å². The molecule has 0 spiro atoms. The Labute approximate surface area is 147 Å². The van der Waals surface area contributed by atoms with Crippen LogP contribution in [-0.2, 0) is 12.4 Å². The van der Waals surface area contributed by atoms with E-state index in [9.17, 15) is 31.1 Å². The zero-order chi connectivity index (χ0) is 19.7. The minimum atomic E-state index is -5.03. The summed E-state index contributed by atoms with van der Waals surface area (Å²) in [5.41, 5.74) is -4.48. The molecule has 0 atom stereocenters. The topological polar surface area (TPSA) is 54.9 Å². The zero-order valence-electron chi connectivity index (χ0n) is 12.3. The molecule has 0 saturated carbocycles. The van der Waals surface area contributed by atoms with E-state index >= 15 is 0 Å². The minimum absolute atomic E-state index is 0.224. The zero-order valence-corrected chi connectivity index (χ0v) is 13.1. The van der Waals surface area contributed by atoms with Gasteiger partial charge in [0.05, 0.1) is 11.1 Å². The van der Waals surface area contributed by atoms with Crippen molar-refractivity contribution in [2.24, 2.45) is 0 Å². The normalized spacial score (nSPS) is 11.8. The molecule has 0 saturated heterocycles. The van der Waals surface area contributed by atoms with Gasteiger partial charge < -0.3 is 5.32 Å². The quantitative estimate of drug-likeness (QED) is 0.467. The molecule has 0 aliphatic carbocycles. The van der Waals surface area contributed by atoms with Crippen molar-refractivity contribution in [1.29, 1.82) is 0 Å². The van der Waals surface area contributed by atoms with Crippen LogP contribution < -0.4 is 5.32 Å². The van der Waals surface area contributed by atoms with Gasteiger partial charge in [0.1, 0.15) is 0 Å². The van der Waals surface area contributed by atoms with Crippen LogP contribution in [0.4, 0.5) is 32.0 Å². The summed E-state index contributed by atoms with van der Waals surface area (Å²) in [5, 5.41) is 1.17. The Bertz CT molecular complexity index is 902. The molecule has 1 amide bonds. The van der Waals surface area contributed by atoms with E-state index < -0.39 is 46.1 Å². The maximum absolute atomic E-state index is 13.0. The Morgan fingerprint density at radius 3 is 2.31 bits per heavy atom. The van der Waals surface area contributed by atoms with Crippen LogP contribution in [-0.4, -0.2) is 15.9 Å². The molecule has 1 N–H and O–H groups in total. The summed E-state index contributed by atoms with van der Waals surface area (Å²) in [6.45, 7) is 0. The van der Waals surface area contributed by atoms with Crippen LogP contribution in [0.25, 0.3) is 0 Å². The van der Waals surface area contributed by atoms with Gasteiger partial charge in [-0.15, -0.1) is 6.42 Å². The summed E-state index contributed by atoms with van der Waals surface area (Å²) >= 11 is 5.30. The summed E-state index contributed by atoms with van der Waals surface area (Å²) in [5.74, 6) is 0.584. The molecule has 11 heteroatoms. The highest BCUT2D eigenvalue weighted by Crippen LogP contribution is 2.33. The van der Waals surface area contributed by atoms with E-state index in [4.69, 9.17) is 18.0 Å². The minimum Gasteiger partial charge on any atom is -0.322 e. The smallest absolute Gasteiger partial charge is 0.322 e. The van der Waals surface area contributed by atoms with Gasteiger partial charge in [-0.05, 0) is 29.8 Å². The lowest BCUT2D eigenvalue weighted by atomic mass is 10.1. The number of rotatable bonds is 2. The van der Waals surface area contributed by atoms with Crippen LogP contribution in [0.3, 0.4) is 0 Å². The first-order valence-corrected chi connectivity index (χ1v) is 6.89. The number of benzene rings is 1. The lowest BCUT2D eigenvalue weighted by molar-refractivity contribution is -0.141. The molecule has 1 aromatic carbocycles. The van der Waals surface area contributed by atoms with Gasteiger partial charge >= 0.3 is 12.4 Å². The molecular weight excluding hydrogens is 388 g/mol. The number of carbonyl (C=O) groups excluding carboxylic acids is 1. The molecule has 0 bridgehead atoms. The first kappa shape index (κ1) is 19.5. The molecule has 0 fully saturated rings. The fraction of sp³-hybridized carbons (Fsp3) is 0.133. The van der Waals surface area contributed by atoms with E-state index in [1.165, 1.54) is 0 Å². The average Bonchev–Trinajstić information content (AvgIpc) is 2.52. The van der Waals surface area contributed by atoms with Crippen LogP contribution in [0.2, 0.25) is 5.28 Å². The van der Waals surface area contributed by atoms with Gasteiger partial charge in [-0.2, -0.15) is 26.3 Å². The number of terminal acetylenes is 1. The fourth-order valence-corrected chi connectivity index (χ4v) is 2.02. The van der Waals surface area contributed by atoms with E-state index in [1.54, 1.807) is 0 Å². The van der Waals surface area contributed by atoms with E-state index in [0.29, 0.717) is 18.3 Å². The van der Waals surface area contributed by atoms with E-state index in [1.807, 2.05) is 11.2 Å². The number of carbonyl (C=O) groups is 1. The number of amides is 1. The van der Waals surface area contributed by atoms with Crippen molar-refractivity contribution < 1.29 is 31.1 Å². The van der Waals surface area contributed by atoms with Gasteiger partial charge in [-0.3, -0.25) is 4.79 Å². The van der Waals surface area contributed by atoms with E-state index in [0.717, 1.165) is 6.07 Å². The molecule has 136 valence electrons. The molecule has 0 unspecified atom stereocenters. The fourth-order valence-electron chi connectivity index (χ4n) is 1.89. The van der Waals surface area contributed by atoms with Crippen molar-refractivity contribution in [3.63, 3.8) is 0 Å². The highest BCUT2D eigenvalue weighted by molar-refractivity contribution is 6.28. The van der Waals surface area contributed by atoms with Crippen molar-refractivity contribution >= 4 is 23.2 Å². The molecule has 2 rings (SSSR count). The Hall–Kier alpha value is -2.80. The summed E-state index contributed by atoms with van der Waals surface area (Å²) in [6.07, 6.45) is -4.23. The lowest BCUT2D eigenvalue weighted by Crippen LogP contribution is -2.21. The third-order valence-corrected chi connectivity index (χ3v) is 3.14. The summed E-state index contributed by atoms with van der Waals surface area (Å²) in [6, 6.07) is 2.18. The summed E-state index contributed by atoms with van der Waals surface area (Å²) < 4.78 is 77.4. The Kier molecular flexibility index (Phi) is 5.13. The third-order valence-electron chi connectivity index (χ3n) is 2.96. The molecule has 0 aliphatic rings. The number of hydrogen-bond acceptors (Lipinski definition) is 3. The Morgan fingerprint density at radius 1 is 1.12 bits per heavy atom. The standard InChI is InChI=1S/C15H6ClF6N3O/c1-2-7-3-8(14(17,18)19)5-9(4-7)24-12(26)10-6-23-13(16)25-11(10)15(20,21)22/h1,3-6H,(H,24,26). The van der Waals surface area contributed by atoms with Crippen LogP contribution in [0.5, 0.6) is 0 Å². The second-order valence-electron chi connectivity index (χ2n) is 4.79. The summed E-state index contributed by atoms with van der Waals surface area (Å²) in [7, 11) is 0. The lowest BCUT2D eigenvalue weighted by Gasteiger charge is -2.13. The number of nitrogens with one attached hydrogen (secondary N) is 1. The van der Waals surface area contributed by atoms with E-state index in [2.05, 4.69) is 9.97 Å². The first-order chi connectivity index (χ1) is 11.9. The number of alkyl halides is 6. The molecule has 26 heavy (non-hydrogen) atoms. The van der Waals surface area contributed by atoms with Crippen molar-refractivity contribution in [1.82, 2.24) is 9.97 Å². The van der Waals surface area contributed by atoms with E-state index in [-0.39, 0.29) is 5.56 Å². The molecule has 1 heterocycles. The number of aromatic nitrogens is 2. The number of anilines is 1. The second-order valence-corrected chi connectivity index (χ2v) is 5.13. The number of nitrogens with zero attached hydrogens (tertiary/aromatic N) is 2. The van der Waals surface area contributed by atoms with Gasteiger partial charge in [0.25, 0.3) is 5.91 Å². The van der Waals surface area contributed by atoms with Gasteiger partial charge in [-0.1, -0.05) is 5.92 Å². The van der Waals surface area contributed by atoms with Crippen molar-refractivity contribution in [2.75, 3.05) is 5.32 Å². The maximum Gasteiger partial charge on any atom is 0.434 e. The number of halogens is 7. The largest absolute Gasteiger partial charge is 0.434 e. The van der Waals surface area contributed by atoms with Crippen molar-refractivity contribution in [2.45, 2.75) is 12.4 Å². The molecule has 0 aliphatic heterocycles. The Balaban J connectivity index is 2.45. The summed E-state index contributed by atoms with van der Waals surface area (Å²) in [4.78, 5) is 18.3. The van der Waals surface area contributed by atoms with Crippen LogP contribution in [0.15, 0.2) is 24.4 Å². The van der Waals surface area contributed by atoms with Crippen LogP contribution in [0.1, 0.15) is 27.2 Å². The molecule has 0 radical (unpaired) electrons. The highest BCUT2D eigenvalue weighted by atomic mass is 35.5. The predicted molar refractivity (Wildman–Crippen MR) is 79.4 cm³/mol. The molecular formula is C15H6ClF6N3O. The average molecular weight is 394 g/mol. The van der Waals surface area contributed by atoms with Crippen molar-refractivity contribution in [3.05, 3.63) is 52.1 Å². The first-order valence-electron chi connectivity index (χ1n) is 6.52. The monoisotopic (exact) mass is 393 g/mol. The predicted octanol–water partition coefficient (Wildman–Crippen LogP) is 4.40. The second kappa shape index (κ2) is 6.84. The van der Waals surface area contributed by atoms with Crippen LogP contribution in [0, 0.1) is 12.3 Å². The number of hydrogen-bond donors (Lipinski definition) is 1. The van der Waals surface area contributed by atoms with Gasteiger partial charge in [0.2, 0.25) is 5.28 Å². The maximum atomic E-state index is 13.0. The highest BCUT2D eigenvalue weighted by Gasteiger charge is 2.38. The van der Waals surface area contributed by atoms with Crippen molar-refractivity contribution in [3.8, 4) is 12.3 Å². The molecule has 2 aromatic rings. The SMILES string of the molecule is C#Cc1cc(NC(=O)c2cnc(Cl)nc2C(F)(F)F)cc(C(F)(F)F)c1. The molecule has 1 aromatic heterocycles. The third kappa shape index (κ3) is 4.43. The molecule has 4 nitrogen and oxygen atoms in total. The Morgan fingerprint density at radius 2 is 1.77 bits per heavy atom. The van der Waals surface area contributed by atoms with Gasteiger partial charge in [0.15, 0.2) is 5.69 Å². The van der Waals surface area contributed by atoms with Gasteiger partial charge in [0, 0.05) is 17.4 Å². The van der Waals surface area contributed by atoms with Crippen LogP contribution >= 0.6 is 11.6 Å².